The Morgan fingerprint density at radius 3 is 3.00 bits per heavy atom. The van der Waals surface area contributed by atoms with E-state index in [0.29, 0.717) is 28.5 Å². The van der Waals surface area contributed by atoms with Gasteiger partial charge in [0.25, 0.3) is 5.91 Å². The zero-order chi connectivity index (χ0) is 14.3. The van der Waals surface area contributed by atoms with Crippen molar-refractivity contribution in [2.24, 2.45) is 7.05 Å². The van der Waals surface area contributed by atoms with Crippen LogP contribution >= 0.6 is 11.6 Å². The molecule has 8 heteroatoms. The first-order valence-electron chi connectivity index (χ1n) is 5.86. The highest BCUT2D eigenvalue weighted by Gasteiger charge is 2.28. The molecule has 2 aromatic rings. The fourth-order valence-corrected chi connectivity index (χ4v) is 2.15. The van der Waals surface area contributed by atoms with Crippen molar-refractivity contribution < 1.29 is 4.79 Å². The number of carbonyl (C=O) groups excluding carboxylic acids is 1. The number of fused-ring (bicyclic) bond motifs is 1. The molecule has 0 saturated carbocycles. The zero-order valence-corrected chi connectivity index (χ0v) is 11.6. The van der Waals surface area contributed by atoms with E-state index in [2.05, 4.69) is 25.7 Å². The molecule has 0 unspecified atom stereocenters. The summed E-state index contributed by atoms with van der Waals surface area (Å²) in [4.78, 5) is 20.0. The largest absolute Gasteiger partial charge is 0.342 e. The lowest BCUT2D eigenvalue weighted by Crippen LogP contribution is -2.09. The molecule has 0 radical (unpaired) electrons. The molecule has 3 heterocycles. The number of amides is 1. The molecule has 0 aliphatic carbocycles. The number of nitrogens with zero attached hydrogens (tertiary/aromatic N) is 4. The van der Waals surface area contributed by atoms with Gasteiger partial charge in [-0.25, -0.2) is 9.97 Å². The smallest absolute Gasteiger partial charge is 0.259 e. The highest BCUT2D eigenvalue weighted by Crippen LogP contribution is 2.32. The number of carbonyl (C=O) groups is 1. The van der Waals surface area contributed by atoms with Crippen LogP contribution in [0.15, 0.2) is 24.2 Å². The lowest BCUT2D eigenvalue weighted by molar-refractivity contribution is -0.110. The van der Waals surface area contributed by atoms with Crippen molar-refractivity contribution in [3.63, 3.8) is 0 Å². The summed E-state index contributed by atoms with van der Waals surface area (Å²) >= 11 is 5.78. The average molecular weight is 291 g/mol. The van der Waals surface area contributed by atoms with Gasteiger partial charge in [-0.15, -0.1) is 0 Å². The van der Waals surface area contributed by atoms with E-state index in [0.717, 1.165) is 0 Å². The first kappa shape index (κ1) is 12.6. The summed E-state index contributed by atoms with van der Waals surface area (Å²) in [5.41, 5.74) is 2.14. The van der Waals surface area contributed by atoms with Crippen molar-refractivity contribution in [3.8, 4) is 0 Å². The van der Waals surface area contributed by atoms with Gasteiger partial charge < -0.3 is 10.6 Å². The number of aromatic nitrogens is 4. The van der Waals surface area contributed by atoms with E-state index in [4.69, 9.17) is 11.6 Å². The molecule has 1 aliphatic rings. The number of rotatable bonds is 2. The van der Waals surface area contributed by atoms with Crippen LogP contribution in [0.2, 0.25) is 5.28 Å². The first-order valence-corrected chi connectivity index (χ1v) is 6.24. The van der Waals surface area contributed by atoms with Crippen LogP contribution in [0.3, 0.4) is 0 Å². The van der Waals surface area contributed by atoms with Crippen molar-refractivity contribution in [3.05, 3.63) is 35.1 Å². The van der Waals surface area contributed by atoms with Crippen LogP contribution in [0.1, 0.15) is 12.6 Å². The number of hydrogen-bond acceptors (Lipinski definition) is 5. The fraction of sp³-hybridized carbons (Fsp3) is 0.167. The molecule has 102 valence electrons. The molecule has 0 fully saturated rings. The van der Waals surface area contributed by atoms with Crippen LogP contribution in [0, 0.1) is 0 Å². The lowest BCUT2D eigenvalue weighted by Gasteiger charge is -2.06. The van der Waals surface area contributed by atoms with E-state index in [-0.39, 0.29) is 11.2 Å². The number of halogens is 1. The average Bonchev–Trinajstić information content (AvgIpc) is 2.91. The number of allylic oxidation sites excluding steroid dienone is 1. The molecule has 3 rings (SSSR count). The molecule has 7 nitrogen and oxygen atoms in total. The second-order valence-corrected chi connectivity index (χ2v) is 4.69. The fourth-order valence-electron chi connectivity index (χ4n) is 2.02. The highest BCUT2D eigenvalue weighted by atomic mass is 35.5. The van der Waals surface area contributed by atoms with E-state index in [1.807, 2.05) is 19.3 Å². The quantitative estimate of drug-likeness (QED) is 0.649. The van der Waals surface area contributed by atoms with Gasteiger partial charge >= 0.3 is 0 Å². The molecule has 0 saturated heterocycles. The molecule has 1 aliphatic heterocycles. The first-order chi connectivity index (χ1) is 9.54. The van der Waals surface area contributed by atoms with E-state index < -0.39 is 0 Å². The highest BCUT2D eigenvalue weighted by molar-refractivity contribution is 6.33. The van der Waals surface area contributed by atoms with Gasteiger partial charge in [-0.1, -0.05) is 0 Å². The van der Waals surface area contributed by atoms with Crippen molar-refractivity contribution in [1.29, 1.82) is 0 Å². The third kappa shape index (κ3) is 2.12. The minimum absolute atomic E-state index is 0.100. The topological polar surface area (TPSA) is 84.7 Å². The molecule has 0 atom stereocenters. The van der Waals surface area contributed by atoms with Gasteiger partial charge in [0.15, 0.2) is 5.82 Å². The SMILES string of the molecule is C/C(Nc1ccn(C)n1)=C1/C(=O)Nc2cnc(Cl)nc21. The van der Waals surface area contributed by atoms with Crippen molar-refractivity contribution in [2.75, 3.05) is 10.6 Å². The van der Waals surface area contributed by atoms with Crippen LogP contribution in [0.4, 0.5) is 11.5 Å². The second kappa shape index (κ2) is 4.61. The van der Waals surface area contributed by atoms with Crippen LogP contribution in [0.5, 0.6) is 0 Å². The molecular weight excluding hydrogens is 280 g/mol. The van der Waals surface area contributed by atoms with Gasteiger partial charge in [0, 0.05) is 25.0 Å². The molecule has 0 spiro atoms. The predicted molar refractivity (Wildman–Crippen MR) is 75.1 cm³/mol. The van der Waals surface area contributed by atoms with Gasteiger partial charge in [0.2, 0.25) is 5.28 Å². The summed E-state index contributed by atoms with van der Waals surface area (Å²) in [7, 11) is 1.82. The van der Waals surface area contributed by atoms with E-state index in [9.17, 15) is 4.79 Å². The Kier molecular flexibility index (Phi) is 2.90. The van der Waals surface area contributed by atoms with E-state index in [1.54, 1.807) is 11.6 Å². The minimum Gasteiger partial charge on any atom is -0.342 e. The zero-order valence-electron chi connectivity index (χ0n) is 10.8. The maximum Gasteiger partial charge on any atom is 0.259 e. The summed E-state index contributed by atoms with van der Waals surface area (Å²) in [5.74, 6) is 0.413. The summed E-state index contributed by atoms with van der Waals surface area (Å²) in [6, 6.07) is 1.81. The molecule has 2 N–H and O–H groups in total. The van der Waals surface area contributed by atoms with Crippen LogP contribution in [-0.4, -0.2) is 25.7 Å². The monoisotopic (exact) mass is 290 g/mol. The van der Waals surface area contributed by atoms with Crippen molar-refractivity contribution in [1.82, 2.24) is 19.7 Å². The van der Waals surface area contributed by atoms with Crippen molar-refractivity contribution >= 4 is 34.6 Å². The maximum absolute atomic E-state index is 12.0. The Balaban J connectivity index is 2.02. The lowest BCUT2D eigenvalue weighted by atomic mass is 10.1. The molecule has 20 heavy (non-hydrogen) atoms. The Hall–Kier alpha value is -2.41. The molecule has 2 aromatic heterocycles. The summed E-state index contributed by atoms with van der Waals surface area (Å²) < 4.78 is 1.67. The van der Waals surface area contributed by atoms with Crippen LogP contribution in [-0.2, 0) is 11.8 Å². The molecular formula is C12H11ClN6O. The summed E-state index contributed by atoms with van der Waals surface area (Å²) in [6.45, 7) is 1.79. The van der Waals surface area contributed by atoms with E-state index in [1.165, 1.54) is 6.20 Å². The molecule has 1 amide bonds. The maximum atomic E-state index is 12.0. The number of hydrogen-bond donors (Lipinski definition) is 2. The van der Waals surface area contributed by atoms with Crippen LogP contribution < -0.4 is 10.6 Å². The Morgan fingerprint density at radius 2 is 2.30 bits per heavy atom. The van der Waals surface area contributed by atoms with Crippen molar-refractivity contribution in [2.45, 2.75) is 6.92 Å². The Labute approximate surface area is 119 Å². The van der Waals surface area contributed by atoms with Gasteiger partial charge in [0.05, 0.1) is 17.5 Å². The standard InChI is InChI=1S/C12H11ClN6O/c1-6(15-8-3-4-19(2)18-8)9-10-7(16-11(9)20)5-14-12(13)17-10/h3-5H,1-2H3,(H,15,18)(H,16,20)/b9-6-. The van der Waals surface area contributed by atoms with E-state index >= 15 is 0 Å². The normalized spacial score (nSPS) is 15.8. The number of aryl methyl sites for hydroxylation is 1. The van der Waals surface area contributed by atoms with Gasteiger partial charge in [-0.05, 0) is 18.5 Å². The second-order valence-electron chi connectivity index (χ2n) is 4.36. The predicted octanol–water partition coefficient (Wildman–Crippen LogP) is 1.66. The van der Waals surface area contributed by atoms with Gasteiger partial charge in [-0.3, -0.25) is 9.48 Å². The van der Waals surface area contributed by atoms with Gasteiger partial charge in [0.1, 0.15) is 5.69 Å². The van der Waals surface area contributed by atoms with Gasteiger partial charge in [-0.2, -0.15) is 5.10 Å². The Morgan fingerprint density at radius 1 is 1.50 bits per heavy atom. The summed E-state index contributed by atoms with van der Waals surface area (Å²) in [5, 5.41) is 10.1. The third-order valence-corrected chi connectivity index (χ3v) is 3.06. The molecule has 0 aromatic carbocycles. The third-order valence-electron chi connectivity index (χ3n) is 2.88. The minimum atomic E-state index is -0.238. The van der Waals surface area contributed by atoms with Crippen LogP contribution in [0.25, 0.3) is 5.57 Å². The summed E-state index contributed by atoms with van der Waals surface area (Å²) in [6.07, 6.45) is 3.30. The Bertz CT molecular complexity index is 735. The molecule has 0 bridgehead atoms. The number of anilines is 2. The number of nitrogens with one attached hydrogen (secondary N) is 2.